The summed E-state index contributed by atoms with van der Waals surface area (Å²) in [5.74, 6) is 3.74. The van der Waals surface area contributed by atoms with Crippen LogP contribution >= 0.6 is 11.8 Å². The molecule has 18 heavy (non-hydrogen) atoms. The highest BCUT2D eigenvalue weighted by molar-refractivity contribution is 7.99. The van der Waals surface area contributed by atoms with Crippen LogP contribution in [0.5, 0.6) is 5.75 Å². The summed E-state index contributed by atoms with van der Waals surface area (Å²) >= 11 is 2.01. The Labute approximate surface area is 111 Å². The molecule has 0 saturated carbocycles. The third kappa shape index (κ3) is 2.24. The van der Waals surface area contributed by atoms with Gasteiger partial charge in [0.15, 0.2) is 0 Å². The second-order valence-corrected chi connectivity index (χ2v) is 6.19. The van der Waals surface area contributed by atoms with Crippen LogP contribution in [0.25, 0.3) is 0 Å². The predicted molar refractivity (Wildman–Crippen MR) is 72.7 cm³/mol. The molecule has 1 aromatic rings. The van der Waals surface area contributed by atoms with E-state index in [1.807, 2.05) is 18.8 Å². The van der Waals surface area contributed by atoms with Gasteiger partial charge in [0.1, 0.15) is 17.7 Å². The molecule has 3 rings (SSSR count). The number of hydrogen-bond donors (Lipinski definition) is 1. The molecule has 2 aliphatic rings. The summed E-state index contributed by atoms with van der Waals surface area (Å²) in [4.78, 5) is 0. The molecule has 4 heteroatoms. The van der Waals surface area contributed by atoms with E-state index in [1.54, 1.807) is 12.1 Å². The van der Waals surface area contributed by atoms with E-state index in [-0.39, 0.29) is 18.0 Å². The fourth-order valence-corrected chi connectivity index (χ4v) is 4.20. The Bertz CT molecular complexity index is 434. The fourth-order valence-electron chi connectivity index (χ4n) is 2.88. The lowest BCUT2D eigenvalue weighted by Gasteiger charge is -2.35. The van der Waals surface area contributed by atoms with Crippen molar-refractivity contribution >= 4 is 11.8 Å². The van der Waals surface area contributed by atoms with Crippen LogP contribution in [0.1, 0.15) is 24.4 Å². The molecule has 2 aliphatic heterocycles. The first kappa shape index (κ1) is 12.3. The van der Waals surface area contributed by atoms with Gasteiger partial charge in [-0.25, -0.2) is 4.39 Å². The number of ether oxygens (including phenoxy) is 1. The second-order valence-electron chi connectivity index (χ2n) is 5.04. The maximum Gasteiger partial charge on any atom is 0.124 e. The lowest BCUT2D eigenvalue weighted by atomic mass is 9.89. The van der Waals surface area contributed by atoms with Crippen LogP contribution in [0.3, 0.4) is 0 Å². The zero-order valence-corrected chi connectivity index (χ0v) is 11.3. The highest BCUT2D eigenvalue weighted by Gasteiger charge is 2.34. The number of rotatable bonds is 2. The van der Waals surface area contributed by atoms with Crippen molar-refractivity contribution in [3.05, 3.63) is 29.6 Å². The Morgan fingerprint density at radius 1 is 1.44 bits per heavy atom. The van der Waals surface area contributed by atoms with Crippen LogP contribution in [0, 0.1) is 11.7 Å². The van der Waals surface area contributed by atoms with Gasteiger partial charge in [0.05, 0.1) is 0 Å². The summed E-state index contributed by atoms with van der Waals surface area (Å²) in [6, 6.07) is 5.05. The average Bonchev–Trinajstić information content (AvgIpc) is 2.91. The first-order chi connectivity index (χ1) is 8.78. The van der Waals surface area contributed by atoms with Gasteiger partial charge in [-0.2, -0.15) is 11.8 Å². The molecule has 1 saturated heterocycles. The van der Waals surface area contributed by atoms with Gasteiger partial charge in [-0.1, -0.05) is 0 Å². The molecule has 1 fully saturated rings. The van der Waals surface area contributed by atoms with E-state index in [9.17, 15) is 4.39 Å². The topological polar surface area (TPSA) is 21.3 Å². The molecular formula is C14H18FNOS. The van der Waals surface area contributed by atoms with E-state index in [0.29, 0.717) is 5.92 Å². The van der Waals surface area contributed by atoms with Gasteiger partial charge in [0.2, 0.25) is 0 Å². The van der Waals surface area contributed by atoms with Crippen molar-refractivity contribution in [2.45, 2.75) is 25.0 Å². The molecule has 2 heterocycles. The van der Waals surface area contributed by atoms with Crippen molar-refractivity contribution in [3.8, 4) is 5.75 Å². The number of halogens is 1. The third-order valence-corrected chi connectivity index (χ3v) is 5.12. The molecule has 0 aliphatic carbocycles. The molecule has 3 unspecified atom stereocenters. The molecule has 0 bridgehead atoms. The average molecular weight is 267 g/mol. The number of hydrogen-bond acceptors (Lipinski definition) is 3. The molecule has 0 amide bonds. The molecule has 0 aromatic heterocycles. The zero-order chi connectivity index (χ0) is 12.5. The van der Waals surface area contributed by atoms with E-state index in [0.717, 1.165) is 17.7 Å². The molecular weight excluding hydrogens is 249 g/mol. The Morgan fingerprint density at radius 3 is 3.06 bits per heavy atom. The van der Waals surface area contributed by atoms with Gasteiger partial charge in [0.25, 0.3) is 0 Å². The van der Waals surface area contributed by atoms with E-state index < -0.39 is 0 Å². The minimum Gasteiger partial charge on any atom is -0.490 e. The molecule has 98 valence electrons. The van der Waals surface area contributed by atoms with Crippen molar-refractivity contribution in [2.75, 3.05) is 18.6 Å². The van der Waals surface area contributed by atoms with E-state index in [1.165, 1.54) is 24.0 Å². The van der Waals surface area contributed by atoms with Crippen molar-refractivity contribution < 1.29 is 9.13 Å². The maximum atomic E-state index is 13.3. The van der Waals surface area contributed by atoms with Crippen molar-refractivity contribution in [1.82, 2.24) is 5.32 Å². The number of nitrogens with one attached hydrogen (secondary N) is 1. The SMILES string of the molecule is CNC1CC(C2CCSC2)Oc2ccc(F)cc21. The third-order valence-electron chi connectivity index (χ3n) is 3.93. The van der Waals surface area contributed by atoms with Crippen LogP contribution < -0.4 is 10.1 Å². The van der Waals surface area contributed by atoms with E-state index in [4.69, 9.17) is 4.74 Å². The minimum absolute atomic E-state index is 0.188. The Kier molecular flexibility index (Phi) is 3.48. The number of benzene rings is 1. The largest absolute Gasteiger partial charge is 0.490 e. The molecule has 0 radical (unpaired) electrons. The van der Waals surface area contributed by atoms with Crippen LogP contribution in [-0.2, 0) is 0 Å². The lowest BCUT2D eigenvalue weighted by molar-refractivity contribution is 0.104. The van der Waals surface area contributed by atoms with Gasteiger partial charge in [-0.05, 0) is 43.2 Å². The number of fused-ring (bicyclic) bond motifs is 1. The Balaban J connectivity index is 1.86. The molecule has 2 nitrogen and oxygen atoms in total. The van der Waals surface area contributed by atoms with Crippen LogP contribution in [0.2, 0.25) is 0 Å². The quantitative estimate of drug-likeness (QED) is 0.890. The summed E-state index contributed by atoms with van der Waals surface area (Å²) in [6.07, 6.45) is 2.45. The predicted octanol–water partition coefficient (Wildman–Crippen LogP) is 2.99. The smallest absolute Gasteiger partial charge is 0.124 e. The Morgan fingerprint density at radius 2 is 2.33 bits per heavy atom. The van der Waals surface area contributed by atoms with Crippen molar-refractivity contribution in [1.29, 1.82) is 0 Å². The minimum atomic E-state index is -0.188. The summed E-state index contributed by atoms with van der Waals surface area (Å²) in [7, 11) is 1.94. The Hall–Kier alpha value is -0.740. The maximum absolute atomic E-state index is 13.3. The monoisotopic (exact) mass is 267 g/mol. The first-order valence-corrected chi connectivity index (χ1v) is 7.64. The van der Waals surface area contributed by atoms with Crippen molar-refractivity contribution in [3.63, 3.8) is 0 Å². The molecule has 1 aromatic carbocycles. The molecule has 1 N–H and O–H groups in total. The first-order valence-electron chi connectivity index (χ1n) is 6.49. The van der Waals surface area contributed by atoms with Crippen LogP contribution in [-0.4, -0.2) is 24.7 Å². The van der Waals surface area contributed by atoms with Gasteiger partial charge < -0.3 is 10.1 Å². The van der Waals surface area contributed by atoms with Gasteiger partial charge >= 0.3 is 0 Å². The van der Waals surface area contributed by atoms with Crippen molar-refractivity contribution in [2.24, 2.45) is 5.92 Å². The number of thioether (sulfide) groups is 1. The fraction of sp³-hybridized carbons (Fsp3) is 0.571. The highest BCUT2D eigenvalue weighted by Crippen LogP contribution is 2.40. The van der Waals surface area contributed by atoms with Crippen LogP contribution in [0.4, 0.5) is 4.39 Å². The summed E-state index contributed by atoms with van der Waals surface area (Å²) in [6.45, 7) is 0. The van der Waals surface area contributed by atoms with Crippen LogP contribution in [0.15, 0.2) is 18.2 Å². The highest BCUT2D eigenvalue weighted by atomic mass is 32.2. The normalized spacial score (nSPS) is 30.9. The summed E-state index contributed by atoms with van der Waals surface area (Å²) in [5, 5.41) is 3.29. The second kappa shape index (κ2) is 5.10. The summed E-state index contributed by atoms with van der Waals surface area (Å²) in [5.41, 5.74) is 0.958. The lowest BCUT2D eigenvalue weighted by Crippen LogP contribution is -2.36. The van der Waals surface area contributed by atoms with Gasteiger partial charge in [0, 0.05) is 23.9 Å². The summed E-state index contributed by atoms with van der Waals surface area (Å²) < 4.78 is 19.4. The van der Waals surface area contributed by atoms with E-state index >= 15 is 0 Å². The molecule has 3 atom stereocenters. The zero-order valence-electron chi connectivity index (χ0n) is 10.5. The molecule has 0 spiro atoms. The standard InChI is InChI=1S/C14H18FNOS/c1-16-12-7-14(9-4-5-18-8-9)17-13-3-2-10(15)6-11(12)13/h2-3,6,9,12,14,16H,4-5,7-8H2,1H3. The van der Waals surface area contributed by atoms with Gasteiger partial charge in [-0.15, -0.1) is 0 Å². The van der Waals surface area contributed by atoms with E-state index in [2.05, 4.69) is 5.32 Å². The van der Waals surface area contributed by atoms with Gasteiger partial charge in [-0.3, -0.25) is 0 Å².